The zero-order chi connectivity index (χ0) is 14.4. The van der Waals surface area contributed by atoms with E-state index in [0.717, 1.165) is 30.0 Å². The van der Waals surface area contributed by atoms with Gasteiger partial charge >= 0.3 is 0 Å². The molecule has 20 heavy (non-hydrogen) atoms. The molecule has 0 saturated carbocycles. The van der Waals surface area contributed by atoms with Gasteiger partial charge in [0.05, 0.1) is 5.02 Å². The van der Waals surface area contributed by atoms with Crippen molar-refractivity contribution < 1.29 is 4.39 Å². The molecule has 3 nitrogen and oxygen atoms in total. The number of aromatic nitrogens is 1. The first-order valence-corrected chi connectivity index (χ1v) is 6.94. The van der Waals surface area contributed by atoms with Crippen LogP contribution < -0.4 is 10.6 Å². The van der Waals surface area contributed by atoms with Crippen LogP contribution in [0, 0.1) is 5.82 Å². The predicted octanol–water partition coefficient (Wildman–Crippen LogP) is 4.31. The van der Waals surface area contributed by atoms with Crippen molar-refractivity contribution in [3.8, 4) is 0 Å². The lowest BCUT2D eigenvalue weighted by Crippen LogP contribution is -2.04. The van der Waals surface area contributed by atoms with Crippen molar-refractivity contribution in [2.75, 3.05) is 17.2 Å². The van der Waals surface area contributed by atoms with Crippen molar-refractivity contribution in [3.63, 3.8) is 0 Å². The van der Waals surface area contributed by atoms with Crippen molar-refractivity contribution >= 4 is 23.1 Å². The molecule has 2 N–H and O–H groups in total. The molecule has 0 aliphatic heterocycles. The second-order valence-electron chi connectivity index (χ2n) is 4.46. The summed E-state index contributed by atoms with van der Waals surface area (Å²) in [5.41, 5.74) is 1.88. The number of anilines is 2. The highest BCUT2D eigenvalue weighted by molar-refractivity contribution is 6.30. The number of hydrogen-bond acceptors (Lipinski definition) is 3. The maximum Gasteiger partial charge on any atom is 0.141 e. The average Bonchev–Trinajstić information content (AvgIpc) is 2.47. The Bertz CT molecular complexity index is 575. The molecule has 0 bridgehead atoms. The molecule has 0 fully saturated rings. The fourth-order valence-electron chi connectivity index (χ4n) is 1.74. The van der Waals surface area contributed by atoms with E-state index in [2.05, 4.69) is 22.5 Å². The summed E-state index contributed by atoms with van der Waals surface area (Å²) in [4.78, 5) is 4.24. The molecule has 0 spiro atoms. The van der Waals surface area contributed by atoms with Gasteiger partial charge in [-0.05, 0) is 30.2 Å². The van der Waals surface area contributed by atoms with Crippen molar-refractivity contribution in [1.29, 1.82) is 0 Å². The number of nitrogens with zero attached hydrogens (tertiary/aromatic N) is 1. The largest absolute Gasteiger partial charge is 0.381 e. The third-order valence-electron chi connectivity index (χ3n) is 2.80. The molecule has 0 aliphatic rings. The van der Waals surface area contributed by atoms with E-state index in [1.165, 1.54) is 6.07 Å². The summed E-state index contributed by atoms with van der Waals surface area (Å²) in [7, 11) is 0. The van der Waals surface area contributed by atoms with Crippen LogP contribution in [-0.4, -0.2) is 11.5 Å². The number of halogens is 2. The van der Waals surface area contributed by atoms with Crippen LogP contribution in [0.25, 0.3) is 0 Å². The van der Waals surface area contributed by atoms with E-state index in [1.807, 2.05) is 12.1 Å². The van der Waals surface area contributed by atoms with Gasteiger partial charge in [0.2, 0.25) is 0 Å². The number of pyridine rings is 1. The molecule has 0 atom stereocenters. The van der Waals surface area contributed by atoms with Crippen LogP contribution in [0.15, 0.2) is 36.5 Å². The van der Waals surface area contributed by atoms with Crippen molar-refractivity contribution in [1.82, 2.24) is 4.98 Å². The monoisotopic (exact) mass is 293 g/mol. The summed E-state index contributed by atoms with van der Waals surface area (Å²) in [5, 5.41) is 6.63. The van der Waals surface area contributed by atoms with Crippen molar-refractivity contribution in [3.05, 3.63) is 52.9 Å². The van der Waals surface area contributed by atoms with E-state index >= 15 is 0 Å². The number of rotatable bonds is 6. The average molecular weight is 294 g/mol. The number of nitrogens with one attached hydrogen (secondary N) is 2. The van der Waals surface area contributed by atoms with Gasteiger partial charge in [-0.3, -0.25) is 0 Å². The Labute approximate surface area is 123 Å². The van der Waals surface area contributed by atoms with Crippen LogP contribution in [0.1, 0.15) is 18.9 Å². The molecule has 1 aromatic carbocycles. The van der Waals surface area contributed by atoms with Crippen LogP contribution >= 0.6 is 11.6 Å². The van der Waals surface area contributed by atoms with Crippen molar-refractivity contribution in [2.45, 2.75) is 19.9 Å². The summed E-state index contributed by atoms with van der Waals surface area (Å²) < 4.78 is 13.1. The first-order chi connectivity index (χ1) is 9.69. The minimum Gasteiger partial charge on any atom is -0.381 e. The van der Waals surface area contributed by atoms with E-state index in [0.29, 0.717) is 6.54 Å². The van der Waals surface area contributed by atoms with Gasteiger partial charge < -0.3 is 10.6 Å². The Morgan fingerprint density at radius 1 is 1.20 bits per heavy atom. The van der Waals surface area contributed by atoms with Gasteiger partial charge in [-0.2, -0.15) is 0 Å². The molecule has 0 amide bonds. The lowest BCUT2D eigenvalue weighted by atomic mass is 10.2. The molecule has 0 radical (unpaired) electrons. The zero-order valence-corrected chi connectivity index (χ0v) is 12.0. The summed E-state index contributed by atoms with van der Waals surface area (Å²) in [6.07, 6.45) is 2.80. The highest BCUT2D eigenvalue weighted by Gasteiger charge is 2.01. The molecule has 2 aromatic rings. The third kappa shape index (κ3) is 4.10. The molecule has 106 valence electrons. The fourth-order valence-corrected chi connectivity index (χ4v) is 1.95. The SMILES string of the molecule is CCCNc1cc(NCc2ccc(F)c(Cl)c2)ccn1. The zero-order valence-electron chi connectivity index (χ0n) is 11.3. The quantitative estimate of drug-likeness (QED) is 0.833. The van der Waals surface area contributed by atoms with Crippen LogP contribution in [0.3, 0.4) is 0 Å². The molecule has 2 rings (SSSR count). The normalized spacial score (nSPS) is 10.3. The molecule has 0 unspecified atom stereocenters. The fraction of sp³-hybridized carbons (Fsp3) is 0.267. The second-order valence-corrected chi connectivity index (χ2v) is 4.87. The first-order valence-electron chi connectivity index (χ1n) is 6.56. The van der Waals surface area contributed by atoms with Crippen LogP contribution in [0.2, 0.25) is 5.02 Å². The Hall–Kier alpha value is -1.81. The van der Waals surface area contributed by atoms with Gasteiger partial charge in [0.1, 0.15) is 11.6 Å². The lowest BCUT2D eigenvalue weighted by molar-refractivity contribution is 0.627. The second kappa shape index (κ2) is 7.10. The molecule has 1 heterocycles. The van der Waals surface area contributed by atoms with E-state index in [-0.39, 0.29) is 5.02 Å². The van der Waals surface area contributed by atoms with Gasteiger partial charge in [0.25, 0.3) is 0 Å². The standard InChI is InChI=1S/C15H17ClFN3/c1-2-6-18-15-9-12(5-7-19-15)20-10-11-3-4-14(17)13(16)8-11/h3-5,7-9H,2,6,10H2,1H3,(H2,18,19,20). The van der Waals surface area contributed by atoms with Gasteiger partial charge in [-0.25, -0.2) is 9.37 Å². The molecule has 5 heteroatoms. The highest BCUT2D eigenvalue weighted by atomic mass is 35.5. The van der Waals surface area contributed by atoms with Gasteiger partial charge in [-0.1, -0.05) is 24.6 Å². The molecule has 1 aromatic heterocycles. The van der Waals surface area contributed by atoms with Crippen LogP contribution in [-0.2, 0) is 6.54 Å². The predicted molar refractivity (Wildman–Crippen MR) is 81.8 cm³/mol. The molecule has 0 aliphatic carbocycles. The molecular weight excluding hydrogens is 277 g/mol. The van der Waals surface area contributed by atoms with Crippen LogP contribution in [0.4, 0.5) is 15.9 Å². The van der Waals surface area contributed by atoms with Gasteiger partial charge in [-0.15, -0.1) is 0 Å². The summed E-state index contributed by atoms with van der Waals surface area (Å²) in [6, 6.07) is 8.55. The maximum absolute atomic E-state index is 13.1. The van der Waals surface area contributed by atoms with Gasteiger partial charge in [0.15, 0.2) is 0 Å². The smallest absolute Gasteiger partial charge is 0.141 e. The van der Waals surface area contributed by atoms with E-state index < -0.39 is 5.82 Å². The first kappa shape index (κ1) is 14.6. The Morgan fingerprint density at radius 3 is 2.80 bits per heavy atom. The van der Waals surface area contributed by atoms with Gasteiger partial charge in [0, 0.05) is 31.0 Å². The number of benzene rings is 1. The van der Waals surface area contributed by atoms with Crippen LogP contribution in [0.5, 0.6) is 0 Å². The summed E-state index contributed by atoms with van der Waals surface area (Å²) in [5.74, 6) is 0.444. The lowest BCUT2D eigenvalue weighted by Gasteiger charge is -2.09. The Kier molecular flexibility index (Phi) is 5.18. The summed E-state index contributed by atoms with van der Waals surface area (Å²) in [6.45, 7) is 3.58. The minimum absolute atomic E-state index is 0.143. The third-order valence-corrected chi connectivity index (χ3v) is 3.09. The summed E-state index contributed by atoms with van der Waals surface area (Å²) >= 11 is 5.76. The van der Waals surface area contributed by atoms with Crippen molar-refractivity contribution in [2.24, 2.45) is 0 Å². The molecule has 0 saturated heterocycles. The van der Waals surface area contributed by atoms with E-state index in [9.17, 15) is 4.39 Å². The molecular formula is C15H17ClFN3. The minimum atomic E-state index is -0.398. The van der Waals surface area contributed by atoms with E-state index in [1.54, 1.807) is 18.3 Å². The topological polar surface area (TPSA) is 37.0 Å². The highest BCUT2D eigenvalue weighted by Crippen LogP contribution is 2.18. The Balaban J connectivity index is 1.97. The Morgan fingerprint density at radius 2 is 2.05 bits per heavy atom. The van der Waals surface area contributed by atoms with E-state index in [4.69, 9.17) is 11.6 Å². The maximum atomic E-state index is 13.1. The number of hydrogen-bond donors (Lipinski definition) is 2.